The van der Waals surface area contributed by atoms with E-state index in [0.29, 0.717) is 48.3 Å². The molecule has 0 radical (unpaired) electrons. The van der Waals surface area contributed by atoms with Gasteiger partial charge in [0.1, 0.15) is 11.6 Å². The summed E-state index contributed by atoms with van der Waals surface area (Å²) < 4.78 is 16.0. The largest absolute Gasteiger partial charge is 0.493 e. The summed E-state index contributed by atoms with van der Waals surface area (Å²) >= 11 is 6.15. The number of amides is 2. The maximum Gasteiger partial charge on any atom is 0.266 e. The van der Waals surface area contributed by atoms with E-state index in [4.69, 9.17) is 31.5 Å². The lowest BCUT2D eigenvalue weighted by atomic mass is 10.1. The molecule has 2 amide bonds. The summed E-state index contributed by atoms with van der Waals surface area (Å²) in [6, 6.07) is 11.9. The summed E-state index contributed by atoms with van der Waals surface area (Å²) in [5.41, 5.74) is 6.79. The Morgan fingerprint density at radius 3 is 2.67 bits per heavy atom. The standard InChI is InChI=1S/C23H23ClN4O5/c1-31-20-5-2-15(11-21(20)33-14-22(26)29)10-16(13-25)23(30)27-18-12-17(24)3-4-19(18)28-6-8-32-9-7-28/h2-5,10-12H,6-9,14H2,1H3,(H2,26,29)(H,27,30)/b16-10+. The molecule has 0 unspecified atom stereocenters. The summed E-state index contributed by atoms with van der Waals surface area (Å²) in [6.07, 6.45) is 1.41. The topological polar surface area (TPSA) is 127 Å². The molecule has 0 spiro atoms. The number of morpholine rings is 1. The molecule has 1 aliphatic rings. The number of hydrogen-bond acceptors (Lipinski definition) is 7. The lowest BCUT2D eigenvalue weighted by Gasteiger charge is -2.30. The van der Waals surface area contributed by atoms with E-state index in [1.165, 1.54) is 13.2 Å². The van der Waals surface area contributed by atoms with Crippen molar-refractivity contribution >= 4 is 40.9 Å². The third kappa shape index (κ3) is 6.38. The Bertz CT molecular complexity index is 1110. The predicted octanol–water partition coefficient (Wildman–Crippen LogP) is 2.59. The second kappa shape index (κ2) is 11.2. The number of carbonyl (C=O) groups is 2. The van der Waals surface area contributed by atoms with E-state index in [-0.39, 0.29) is 17.9 Å². The third-order valence-corrected chi connectivity index (χ3v) is 5.03. The minimum atomic E-state index is -0.646. The number of benzene rings is 2. The van der Waals surface area contributed by atoms with Crippen molar-refractivity contribution in [1.82, 2.24) is 0 Å². The SMILES string of the molecule is COc1ccc(/C=C(\C#N)C(=O)Nc2cc(Cl)ccc2N2CCOCC2)cc1OCC(N)=O. The van der Waals surface area contributed by atoms with Gasteiger partial charge in [0.05, 0.1) is 31.7 Å². The molecular weight excluding hydrogens is 448 g/mol. The monoisotopic (exact) mass is 470 g/mol. The van der Waals surface area contributed by atoms with Crippen LogP contribution in [0, 0.1) is 11.3 Å². The average Bonchev–Trinajstić information content (AvgIpc) is 2.81. The van der Waals surface area contributed by atoms with E-state index in [9.17, 15) is 14.9 Å². The second-order valence-electron chi connectivity index (χ2n) is 7.05. The molecule has 2 aromatic rings. The molecule has 1 aliphatic heterocycles. The first-order valence-electron chi connectivity index (χ1n) is 10.1. The van der Waals surface area contributed by atoms with Crippen LogP contribution in [0.1, 0.15) is 5.56 Å². The molecule has 3 rings (SSSR count). The summed E-state index contributed by atoms with van der Waals surface area (Å²) in [5.74, 6) is -0.602. The second-order valence-corrected chi connectivity index (χ2v) is 7.49. The van der Waals surface area contributed by atoms with E-state index in [1.807, 2.05) is 12.1 Å². The van der Waals surface area contributed by atoms with Gasteiger partial charge in [-0.1, -0.05) is 17.7 Å². The van der Waals surface area contributed by atoms with Crippen molar-refractivity contribution in [2.45, 2.75) is 0 Å². The van der Waals surface area contributed by atoms with E-state index < -0.39 is 11.8 Å². The zero-order chi connectivity index (χ0) is 23.8. The highest BCUT2D eigenvalue weighted by atomic mass is 35.5. The Balaban J connectivity index is 1.85. The molecule has 10 heteroatoms. The van der Waals surface area contributed by atoms with Crippen LogP contribution in [0.2, 0.25) is 5.02 Å². The molecule has 172 valence electrons. The number of anilines is 2. The molecule has 2 aromatic carbocycles. The molecular formula is C23H23ClN4O5. The predicted molar refractivity (Wildman–Crippen MR) is 124 cm³/mol. The van der Waals surface area contributed by atoms with Gasteiger partial charge >= 0.3 is 0 Å². The van der Waals surface area contributed by atoms with Gasteiger partial charge in [0.25, 0.3) is 11.8 Å². The maximum atomic E-state index is 12.9. The van der Waals surface area contributed by atoms with Crippen LogP contribution in [0.5, 0.6) is 11.5 Å². The number of nitriles is 1. The zero-order valence-corrected chi connectivity index (χ0v) is 18.7. The van der Waals surface area contributed by atoms with Gasteiger partial charge in [-0.05, 0) is 42.0 Å². The first kappa shape index (κ1) is 23.9. The molecule has 0 aromatic heterocycles. The van der Waals surface area contributed by atoms with Gasteiger partial charge in [-0.2, -0.15) is 5.26 Å². The van der Waals surface area contributed by atoms with Crippen molar-refractivity contribution in [3.05, 3.63) is 52.6 Å². The van der Waals surface area contributed by atoms with Crippen molar-refractivity contribution in [3.63, 3.8) is 0 Å². The van der Waals surface area contributed by atoms with Crippen LogP contribution >= 0.6 is 11.6 Å². The van der Waals surface area contributed by atoms with Crippen molar-refractivity contribution in [2.75, 3.05) is 50.2 Å². The van der Waals surface area contributed by atoms with Gasteiger partial charge in [0.15, 0.2) is 18.1 Å². The van der Waals surface area contributed by atoms with Crippen molar-refractivity contribution in [3.8, 4) is 17.6 Å². The smallest absolute Gasteiger partial charge is 0.266 e. The summed E-state index contributed by atoms with van der Waals surface area (Å²) in [7, 11) is 1.45. The van der Waals surface area contributed by atoms with Crippen LogP contribution in [0.15, 0.2) is 42.0 Å². The van der Waals surface area contributed by atoms with Gasteiger partial charge in [0, 0.05) is 18.1 Å². The molecule has 3 N–H and O–H groups in total. The van der Waals surface area contributed by atoms with Crippen LogP contribution < -0.4 is 25.4 Å². The van der Waals surface area contributed by atoms with Crippen LogP contribution in [-0.4, -0.2) is 51.8 Å². The number of methoxy groups -OCH3 is 1. The zero-order valence-electron chi connectivity index (χ0n) is 18.0. The van der Waals surface area contributed by atoms with Crippen molar-refractivity contribution in [1.29, 1.82) is 5.26 Å². The fourth-order valence-electron chi connectivity index (χ4n) is 3.24. The van der Waals surface area contributed by atoms with Crippen LogP contribution in [0.3, 0.4) is 0 Å². The Labute approximate surface area is 196 Å². The van der Waals surface area contributed by atoms with E-state index >= 15 is 0 Å². The lowest BCUT2D eigenvalue weighted by Crippen LogP contribution is -2.36. The molecule has 1 fully saturated rings. The molecule has 1 heterocycles. The molecule has 0 atom stereocenters. The number of halogens is 1. The minimum Gasteiger partial charge on any atom is -0.493 e. The molecule has 0 bridgehead atoms. The number of carbonyl (C=O) groups excluding carboxylic acids is 2. The maximum absolute atomic E-state index is 12.9. The Kier molecular flexibility index (Phi) is 8.13. The molecule has 9 nitrogen and oxygen atoms in total. The lowest BCUT2D eigenvalue weighted by molar-refractivity contribution is -0.120. The summed E-state index contributed by atoms with van der Waals surface area (Å²) in [5, 5.41) is 12.8. The van der Waals surface area contributed by atoms with Gasteiger partial charge in [-0.25, -0.2) is 0 Å². The molecule has 1 saturated heterocycles. The Morgan fingerprint density at radius 1 is 1.24 bits per heavy atom. The third-order valence-electron chi connectivity index (χ3n) is 4.79. The molecule has 0 aliphatic carbocycles. The number of nitrogens with one attached hydrogen (secondary N) is 1. The van der Waals surface area contributed by atoms with Crippen LogP contribution in [0.4, 0.5) is 11.4 Å². The average molecular weight is 471 g/mol. The number of nitrogens with zero attached hydrogens (tertiary/aromatic N) is 2. The first-order valence-corrected chi connectivity index (χ1v) is 10.4. The first-order chi connectivity index (χ1) is 15.9. The normalized spacial score (nSPS) is 13.7. The quantitative estimate of drug-likeness (QED) is 0.448. The van der Waals surface area contributed by atoms with Crippen LogP contribution in [0.25, 0.3) is 6.08 Å². The van der Waals surface area contributed by atoms with Gasteiger partial charge in [-0.3, -0.25) is 9.59 Å². The number of rotatable bonds is 8. The Hall–Kier alpha value is -3.74. The van der Waals surface area contributed by atoms with Gasteiger partial charge < -0.3 is 30.2 Å². The summed E-state index contributed by atoms with van der Waals surface area (Å²) in [4.78, 5) is 26.0. The van der Waals surface area contributed by atoms with E-state index in [2.05, 4.69) is 10.2 Å². The molecule has 33 heavy (non-hydrogen) atoms. The van der Waals surface area contributed by atoms with Crippen molar-refractivity contribution in [2.24, 2.45) is 5.73 Å². The number of ether oxygens (including phenoxy) is 3. The van der Waals surface area contributed by atoms with Crippen molar-refractivity contribution < 1.29 is 23.8 Å². The van der Waals surface area contributed by atoms with E-state index in [0.717, 1.165) is 5.69 Å². The number of hydrogen-bond donors (Lipinski definition) is 2. The summed E-state index contributed by atoms with van der Waals surface area (Å²) in [6.45, 7) is 2.17. The highest BCUT2D eigenvalue weighted by Gasteiger charge is 2.18. The number of nitrogens with two attached hydrogens (primary N) is 1. The fraction of sp³-hybridized carbons (Fsp3) is 0.261. The van der Waals surface area contributed by atoms with Gasteiger partial charge in [-0.15, -0.1) is 0 Å². The number of primary amides is 1. The fourth-order valence-corrected chi connectivity index (χ4v) is 3.41. The van der Waals surface area contributed by atoms with E-state index in [1.54, 1.807) is 30.3 Å². The highest BCUT2D eigenvalue weighted by molar-refractivity contribution is 6.31. The minimum absolute atomic E-state index is 0.131. The molecule has 0 saturated carbocycles. The van der Waals surface area contributed by atoms with Crippen LogP contribution in [-0.2, 0) is 14.3 Å². The van der Waals surface area contributed by atoms with Gasteiger partial charge in [0.2, 0.25) is 0 Å². The highest BCUT2D eigenvalue weighted by Crippen LogP contribution is 2.31. The Morgan fingerprint density at radius 2 is 2.00 bits per heavy atom.